The molecule has 2 rings (SSSR count). The Kier molecular flexibility index (Phi) is 2.71. The van der Waals surface area contributed by atoms with Gasteiger partial charge in [0.2, 0.25) is 0 Å². The lowest BCUT2D eigenvalue weighted by Gasteiger charge is -2.02. The molecule has 2 aromatic rings. The number of aromatic nitrogens is 2. The smallest absolute Gasteiger partial charge is 0.352 e. The largest absolute Gasteiger partial charge is 0.456 e. The molecule has 0 aliphatic heterocycles. The highest BCUT2D eigenvalue weighted by molar-refractivity contribution is 5.99. The first-order valence-corrected chi connectivity index (χ1v) is 4.69. The van der Waals surface area contributed by atoms with E-state index in [9.17, 15) is 18.0 Å². The Labute approximate surface area is 94.3 Å². The Morgan fingerprint density at radius 3 is 2.59 bits per heavy atom. The molecular weight excluding hydrogens is 233 g/mol. The lowest BCUT2D eigenvalue weighted by Crippen LogP contribution is -2.22. The zero-order chi connectivity index (χ0) is 12.5. The second kappa shape index (κ2) is 4.04. The molecule has 0 fully saturated rings. The van der Waals surface area contributed by atoms with Crippen LogP contribution < -0.4 is 0 Å². The van der Waals surface area contributed by atoms with Gasteiger partial charge < -0.3 is 4.98 Å². The van der Waals surface area contributed by atoms with Crippen molar-refractivity contribution in [1.29, 1.82) is 0 Å². The van der Waals surface area contributed by atoms with Crippen LogP contribution in [0.1, 0.15) is 10.5 Å². The highest BCUT2D eigenvalue weighted by Gasteiger charge is 2.40. The minimum atomic E-state index is -4.86. The fraction of sp³-hybridized carbons (Fsp3) is 0.0909. The predicted octanol–water partition coefficient (Wildman–Crippen LogP) is 2.82. The van der Waals surface area contributed by atoms with Crippen LogP contribution in [-0.4, -0.2) is 21.9 Å². The van der Waals surface area contributed by atoms with Crippen molar-refractivity contribution in [3.05, 3.63) is 42.4 Å². The van der Waals surface area contributed by atoms with Crippen molar-refractivity contribution in [2.45, 2.75) is 6.18 Å². The molecule has 1 N–H and O–H groups in total. The SMILES string of the molecule is O=C(c1ccc(-c2cccnc2)[nH]1)C(F)(F)F. The number of hydrogen-bond acceptors (Lipinski definition) is 2. The average molecular weight is 240 g/mol. The summed E-state index contributed by atoms with van der Waals surface area (Å²) in [6, 6.07) is 5.86. The molecule has 0 radical (unpaired) electrons. The summed E-state index contributed by atoms with van der Waals surface area (Å²) in [6.07, 6.45) is -1.82. The second-order valence-corrected chi connectivity index (χ2v) is 3.35. The topological polar surface area (TPSA) is 45.8 Å². The summed E-state index contributed by atoms with van der Waals surface area (Å²) >= 11 is 0. The van der Waals surface area contributed by atoms with E-state index in [2.05, 4.69) is 9.97 Å². The van der Waals surface area contributed by atoms with Crippen LogP contribution in [0.15, 0.2) is 36.7 Å². The molecule has 0 spiro atoms. The fourth-order valence-electron chi connectivity index (χ4n) is 1.37. The van der Waals surface area contributed by atoms with Crippen LogP contribution in [0.2, 0.25) is 0 Å². The quantitative estimate of drug-likeness (QED) is 0.820. The van der Waals surface area contributed by atoms with E-state index >= 15 is 0 Å². The van der Waals surface area contributed by atoms with E-state index in [0.29, 0.717) is 11.3 Å². The molecule has 2 heterocycles. The van der Waals surface area contributed by atoms with E-state index < -0.39 is 17.7 Å². The van der Waals surface area contributed by atoms with E-state index in [0.717, 1.165) is 6.07 Å². The van der Waals surface area contributed by atoms with Crippen LogP contribution in [0.4, 0.5) is 13.2 Å². The van der Waals surface area contributed by atoms with Gasteiger partial charge in [0.25, 0.3) is 5.78 Å². The zero-order valence-corrected chi connectivity index (χ0v) is 8.45. The Morgan fingerprint density at radius 2 is 2.00 bits per heavy atom. The summed E-state index contributed by atoms with van der Waals surface area (Å²) in [6.45, 7) is 0. The lowest BCUT2D eigenvalue weighted by molar-refractivity contribution is -0.0887. The number of nitrogens with zero attached hydrogens (tertiary/aromatic N) is 1. The standard InChI is InChI=1S/C11H7F3N2O/c12-11(13,14)10(17)9-4-3-8(16-9)7-2-1-5-15-6-7/h1-6,16H. The fourth-order valence-corrected chi connectivity index (χ4v) is 1.37. The number of hydrogen-bond donors (Lipinski definition) is 1. The molecule has 88 valence electrons. The van der Waals surface area contributed by atoms with Crippen molar-refractivity contribution < 1.29 is 18.0 Å². The number of carbonyl (C=O) groups excluding carboxylic acids is 1. The molecule has 0 amide bonds. The number of carbonyl (C=O) groups is 1. The van der Waals surface area contributed by atoms with E-state index in [1.165, 1.54) is 12.3 Å². The van der Waals surface area contributed by atoms with E-state index in [-0.39, 0.29) is 0 Å². The molecule has 0 bridgehead atoms. The number of aromatic amines is 1. The van der Waals surface area contributed by atoms with Crippen LogP contribution in [0.5, 0.6) is 0 Å². The summed E-state index contributed by atoms with van der Waals surface area (Å²) in [5.41, 5.74) is 0.566. The number of Topliss-reactive ketones (excluding diaryl/α,β-unsaturated/α-hetero) is 1. The minimum absolute atomic E-state index is 0.422. The summed E-state index contributed by atoms with van der Waals surface area (Å²) in [5.74, 6) is -1.88. The average Bonchev–Trinajstić information content (AvgIpc) is 2.77. The summed E-state index contributed by atoms with van der Waals surface area (Å²) in [5, 5.41) is 0. The number of H-pyrrole nitrogens is 1. The van der Waals surface area contributed by atoms with Crippen LogP contribution in [0.3, 0.4) is 0 Å². The molecule has 0 aliphatic rings. The summed E-state index contributed by atoms with van der Waals surface area (Å²) in [4.78, 5) is 17.2. The third-order valence-electron chi connectivity index (χ3n) is 2.16. The van der Waals surface area contributed by atoms with Gasteiger partial charge in [0, 0.05) is 23.7 Å². The van der Waals surface area contributed by atoms with Crippen LogP contribution in [0, 0.1) is 0 Å². The van der Waals surface area contributed by atoms with Gasteiger partial charge in [0.05, 0.1) is 5.69 Å². The lowest BCUT2D eigenvalue weighted by atomic mass is 10.2. The van der Waals surface area contributed by atoms with Crippen molar-refractivity contribution >= 4 is 5.78 Å². The highest BCUT2D eigenvalue weighted by atomic mass is 19.4. The number of nitrogens with one attached hydrogen (secondary N) is 1. The van der Waals surface area contributed by atoms with E-state index in [4.69, 9.17) is 0 Å². The number of pyridine rings is 1. The van der Waals surface area contributed by atoms with Gasteiger partial charge in [-0.25, -0.2) is 0 Å². The van der Waals surface area contributed by atoms with Crippen molar-refractivity contribution in [2.24, 2.45) is 0 Å². The molecule has 0 aliphatic carbocycles. The molecule has 0 aromatic carbocycles. The van der Waals surface area contributed by atoms with Gasteiger partial charge in [0.1, 0.15) is 0 Å². The maximum absolute atomic E-state index is 12.2. The third-order valence-corrected chi connectivity index (χ3v) is 2.16. The van der Waals surface area contributed by atoms with Gasteiger partial charge in [0.15, 0.2) is 0 Å². The van der Waals surface area contributed by atoms with Gasteiger partial charge >= 0.3 is 6.18 Å². The number of halogens is 3. The number of rotatable bonds is 2. The molecular formula is C11H7F3N2O. The number of ketones is 1. The molecule has 0 atom stereocenters. The summed E-state index contributed by atoms with van der Waals surface area (Å²) in [7, 11) is 0. The third kappa shape index (κ3) is 2.35. The van der Waals surface area contributed by atoms with E-state index in [1.54, 1.807) is 18.3 Å². The van der Waals surface area contributed by atoms with Crippen LogP contribution in [-0.2, 0) is 0 Å². The maximum Gasteiger partial charge on any atom is 0.456 e. The molecule has 0 unspecified atom stereocenters. The van der Waals surface area contributed by atoms with Crippen molar-refractivity contribution in [3.8, 4) is 11.3 Å². The second-order valence-electron chi connectivity index (χ2n) is 3.35. The molecule has 17 heavy (non-hydrogen) atoms. The first kappa shape index (κ1) is 11.4. The Morgan fingerprint density at radius 1 is 1.24 bits per heavy atom. The molecule has 6 heteroatoms. The normalized spacial score (nSPS) is 11.5. The molecule has 2 aromatic heterocycles. The monoisotopic (exact) mass is 240 g/mol. The van der Waals surface area contributed by atoms with Crippen molar-refractivity contribution in [3.63, 3.8) is 0 Å². The Bertz CT molecular complexity index is 531. The molecule has 3 nitrogen and oxygen atoms in total. The van der Waals surface area contributed by atoms with Gasteiger partial charge in [-0.1, -0.05) is 0 Å². The zero-order valence-electron chi connectivity index (χ0n) is 8.45. The van der Waals surface area contributed by atoms with Crippen molar-refractivity contribution in [2.75, 3.05) is 0 Å². The first-order valence-electron chi connectivity index (χ1n) is 4.69. The van der Waals surface area contributed by atoms with Gasteiger partial charge in [-0.15, -0.1) is 0 Å². The van der Waals surface area contributed by atoms with Crippen LogP contribution in [0.25, 0.3) is 11.3 Å². The van der Waals surface area contributed by atoms with Crippen molar-refractivity contribution in [1.82, 2.24) is 9.97 Å². The number of alkyl halides is 3. The van der Waals surface area contributed by atoms with E-state index in [1.807, 2.05) is 0 Å². The van der Waals surface area contributed by atoms with Gasteiger partial charge in [-0.05, 0) is 24.3 Å². The molecule has 0 saturated carbocycles. The summed E-state index contributed by atoms with van der Waals surface area (Å²) < 4.78 is 36.5. The Balaban J connectivity index is 2.32. The molecule has 0 saturated heterocycles. The van der Waals surface area contributed by atoms with Crippen LogP contribution >= 0.6 is 0 Å². The first-order chi connectivity index (χ1) is 7.98. The van der Waals surface area contributed by atoms with Gasteiger partial charge in [-0.3, -0.25) is 9.78 Å². The van der Waals surface area contributed by atoms with Gasteiger partial charge in [-0.2, -0.15) is 13.2 Å². The predicted molar refractivity (Wildman–Crippen MR) is 54.4 cm³/mol. The maximum atomic E-state index is 12.2. The Hall–Kier alpha value is -2.11. The minimum Gasteiger partial charge on any atom is -0.352 e. The highest BCUT2D eigenvalue weighted by Crippen LogP contribution is 2.23.